The molecule has 0 amide bonds. The number of halogens is 1. The van der Waals surface area contributed by atoms with E-state index in [1.165, 1.54) is 18.2 Å². The van der Waals surface area contributed by atoms with E-state index in [0.717, 1.165) is 28.6 Å². The number of aromatic amines is 1. The molecule has 3 rings (SSSR count). The average Bonchev–Trinajstić information content (AvgIpc) is 2.89. The van der Waals surface area contributed by atoms with Crippen LogP contribution < -0.4 is 0 Å². The molecule has 0 aliphatic heterocycles. The second kappa shape index (κ2) is 6.03. The van der Waals surface area contributed by atoms with Crippen LogP contribution >= 0.6 is 0 Å². The molecule has 0 spiro atoms. The van der Waals surface area contributed by atoms with Gasteiger partial charge in [0.1, 0.15) is 5.82 Å². The minimum Gasteiger partial charge on any atom is -0.361 e. The second-order valence-electron chi connectivity index (χ2n) is 5.85. The molecular formula is C18H18FNO3S. The van der Waals surface area contributed by atoms with Gasteiger partial charge in [0, 0.05) is 22.7 Å². The van der Waals surface area contributed by atoms with Crippen molar-refractivity contribution in [3.63, 3.8) is 0 Å². The summed E-state index contributed by atoms with van der Waals surface area (Å²) in [5.74, 6) is -0.357. The summed E-state index contributed by atoms with van der Waals surface area (Å²) in [6.07, 6.45) is 2.96. The lowest BCUT2D eigenvalue weighted by molar-refractivity contribution is 0.482. The smallest absolute Gasteiger partial charge is 0.294 e. The van der Waals surface area contributed by atoms with Crippen LogP contribution in [0.25, 0.3) is 22.0 Å². The Hall–Kier alpha value is -2.18. The molecular weight excluding hydrogens is 329 g/mol. The van der Waals surface area contributed by atoms with Gasteiger partial charge in [-0.1, -0.05) is 19.4 Å². The van der Waals surface area contributed by atoms with Gasteiger partial charge in [-0.3, -0.25) is 4.55 Å². The van der Waals surface area contributed by atoms with Crippen LogP contribution in [0.2, 0.25) is 0 Å². The summed E-state index contributed by atoms with van der Waals surface area (Å²) < 4.78 is 46.8. The maximum atomic E-state index is 13.7. The van der Waals surface area contributed by atoms with Crippen LogP contribution in [0.1, 0.15) is 24.5 Å². The summed E-state index contributed by atoms with van der Waals surface area (Å²) in [6.45, 7) is 3.81. The molecule has 3 aromatic rings. The molecule has 0 bridgehead atoms. The Morgan fingerprint density at radius 1 is 1.21 bits per heavy atom. The lowest BCUT2D eigenvalue weighted by Gasteiger charge is -2.15. The van der Waals surface area contributed by atoms with Crippen molar-refractivity contribution in [1.82, 2.24) is 4.98 Å². The molecule has 0 saturated carbocycles. The number of fused-ring (bicyclic) bond motifs is 1. The molecule has 1 aromatic heterocycles. The largest absolute Gasteiger partial charge is 0.361 e. The lowest BCUT2D eigenvalue weighted by atomic mass is 9.92. The van der Waals surface area contributed by atoms with Crippen molar-refractivity contribution >= 4 is 21.0 Å². The highest BCUT2D eigenvalue weighted by atomic mass is 32.2. The summed E-state index contributed by atoms with van der Waals surface area (Å²) in [4.78, 5) is 3.00. The van der Waals surface area contributed by atoms with Gasteiger partial charge in [-0.2, -0.15) is 8.42 Å². The number of nitrogens with one attached hydrogen (secondary N) is 1. The van der Waals surface area contributed by atoms with Crippen LogP contribution in [-0.2, 0) is 16.5 Å². The van der Waals surface area contributed by atoms with Crippen LogP contribution in [0.5, 0.6) is 0 Å². The van der Waals surface area contributed by atoms with Gasteiger partial charge >= 0.3 is 0 Å². The van der Waals surface area contributed by atoms with E-state index >= 15 is 0 Å². The number of aromatic nitrogens is 1. The van der Waals surface area contributed by atoms with E-state index in [0.29, 0.717) is 17.4 Å². The van der Waals surface area contributed by atoms with Gasteiger partial charge in [-0.25, -0.2) is 4.39 Å². The highest BCUT2D eigenvalue weighted by Crippen LogP contribution is 2.37. The SMILES string of the molecule is CCCc1c(S(=O)(=O)O)ccc(C)c1-c1c[nH]c2ccc(F)cc12. The summed E-state index contributed by atoms with van der Waals surface area (Å²) in [7, 11) is -4.33. The van der Waals surface area contributed by atoms with E-state index in [4.69, 9.17) is 0 Å². The minimum atomic E-state index is -4.33. The van der Waals surface area contributed by atoms with Gasteiger partial charge in [-0.15, -0.1) is 0 Å². The third-order valence-electron chi connectivity index (χ3n) is 4.17. The zero-order valence-electron chi connectivity index (χ0n) is 13.4. The average molecular weight is 347 g/mol. The Morgan fingerprint density at radius 3 is 2.62 bits per heavy atom. The fourth-order valence-electron chi connectivity index (χ4n) is 3.16. The maximum Gasteiger partial charge on any atom is 0.294 e. The number of benzene rings is 2. The topological polar surface area (TPSA) is 70.2 Å². The highest BCUT2D eigenvalue weighted by Gasteiger charge is 2.22. The first-order chi connectivity index (χ1) is 11.3. The summed E-state index contributed by atoms with van der Waals surface area (Å²) in [5.41, 5.74) is 3.66. The summed E-state index contributed by atoms with van der Waals surface area (Å²) in [6, 6.07) is 7.54. The molecule has 2 aromatic carbocycles. The van der Waals surface area contributed by atoms with Crippen LogP contribution in [0, 0.1) is 12.7 Å². The molecule has 24 heavy (non-hydrogen) atoms. The lowest BCUT2D eigenvalue weighted by Crippen LogP contribution is -2.06. The first-order valence-corrected chi connectivity index (χ1v) is 9.14. The van der Waals surface area contributed by atoms with E-state index in [-0.39, 0.29) is 10.7 Å². The molecule has 126 valence electrons. The Morgan fingerprint density at radius 2 is 1.96 bits per heavy atom. The molecule has 0 unspecified atom stereocenters. The molecule has 0 saturated heterocycles. The van der Waals surface area contributed by atoms with Gasteiger partial charge in [0.25, 0.3) is 10.1 Å². The van der Waals surface area contributed by atoms with Gasteiger partial charge in [0.2, 0.25) is 0 Å². The molecule has 0 radical (unpaired) electrons. The summed E-state index contributed by atoms with van der Waals surface area (Å²) >= 11 is 0. The van der Waals surface area contributed by atoms with Crippen molar-refractivity contribution in [3.8, 4) is 11.1 Å². The Labute approximate surface area is 140 Å². The van der Waals surface area contributed by atoms with E-state index in [2.05, 4.69) is 4.98 Å². The van der Waals surface area contributed by atoms with Crippen LogP contribution in [0.15, 0.2) is 41.4 Å². The van der Waals surface area contributed by atoms with Crippen molar-refractivity contribution in [2.24, 2.45) is 0 Å². The number of hydrogen-bond acceptors (Lipinski definition) is 2. The van der Waals surface area contributed by atoms with Crippen molar-refractivity contribution in [2.45, 2.75) is 31.6 Å². The molecule has 0 atom stereocenters. The van der Waals surface area contributed by atoms with Crippen LogP contribution in [0.4, 0.5) is 4.39 Å². The third-order valence-corrected chi connectivity index (χ3v) is 5.11. The van der Waals surface area contributed by atoms with Crippen molar-refractivity contribution in [2.75, 3.05) is 0 Å². The van der Waals surface area contributed by atoms with E-state index < -0.39 is 10.1 Å². The van der Waals surface area contributed by atoms with Crippen LogP contribution in [0.3, 0.4) is 0 Å². The van der Waals surface area contributed by atoms with Crippen LogP contribution in [-0.4, -0.2) is 18.0 Å². The Bertz CT molecular complexity index is 1020. The molecule has 4 nitrogen and oxygen atoms in total. The zero-order chi connectivity index (χ0) is 17.5. The van der Waals surface area contributed by atoms with E-state index in [9.17, 15) is 17.4 Å². The first kappa shape index (κ1) is 16.7. The Kier molecular flexibility index (Phi) is 4.19. The highest BCUT2D eigenvalue weighted by molar-refractivity contribution is 7.85. The first-order valence-electron chi connectivity index (χ1n) is 7.70. The normalized spacial score (nSPS) is 12.0. The predicted octanol–water partition coefficient (Wildman–Crippen LogP) is 4.48. The minimum absolute atomic E-state index is 0.0873. The van der Waals surface area contributed by atoms with E-state index in [1.807, 2.05) is 13.8 Å². The van der Waals surface area contributed by atoms with Gasteiger partial charge in [0.15, 0.2) is 0 Å². The Balaban J connectivity index is 2.39. The van der Waals surface area contributed by atoms with E-state index in [1.54, 1.807) is 18.3 Å². The molecule has 2 N–H and O–H groups in total. The molecule has 0 aliphatic carbocycles. The molecule has 0 aliphatic rings. The fraction of sp³-hybridized carbons (Fsp3) is 0.222. The van der Waals surface area contributed by atoms with Crippen molar-refractivity contribution in [3.05, 3.63) is 53.5 Å². The monoisotopic (exact) mass is 347 g/mol. The fourth-order valence-corrected chi connectivity index (χ4v) is 3.92. The predicted molar refractivity (Wildman–Crippen MR) is 92.2 cm³/mol. The maximum absolute atomic E-state index is 13.7. The number of aryl methyl sites for hydroxylation is 1. The molecule has 1 heterocycles. The van der Waals surface area contributed by atoms with Crippen molar-refractivity contribution in [1.29, 1.82) is 0 Å². The molecule has 6 heteroatoms. The zero-order valence-corrected chi connectivity index (χ0v) is 14.2. The molecule has 0 fully saturated rings. The van der Waals surface area contributed by atoms with Crippen molar-refractivity contribution < 1.29 is 17.4 Å². The van der Waals surface area contributed by atoms with Gasteiger partial charge < -0.3 is 4.98 Å². The number of hydrogen-bond donors (Lipinski definition) is 2. The van der Waals surface area contributed by atoms with Gasteiger partial charge in [-0.05, 0) is 54.3 Å². The standard InChI is InChI=1S/C18H18FNO3S/c1-3-4-13-17(24(21,22)23)8-5-11(2)18(13)15-10-20-16-7-6-12(19)9-14(15)16/h5-10,20H,3-4H2,1-2H3,(H,21,22,23). The number of rotatable bonds is 4. The number of H-pyrrole nitrogens is 1. The third kappa shape index (κ3) is 2.83. The second-order valence-corrected chi connectivity index (χ2v) is 7.24. The quantitative estimate of drug-likeness (QED) is 0.684. The summed E-state index contributed by atoms with van der Waals surface area (Å²) in [5, 5.41) is 0.683. The van der Waals surface area contributed by atoms with Gasteiger partial charge in [0.05, 0.1) is 4.90 Å².